The van der Waals surface area contributed by atoms with E-state index in [0.29, 0.717) is 11.3 Å². The fraction of sp³-hybridized carbons (Fsp3) is 0.300. The van der Waals surface area contributed by atoms with Gasteiger partial charge in [0, 0.05) is 11.6 Å². The van der Waals surface area contributed by atoms with Crippen LogP contribution in [0, 0.1) is 11.2 Å². The summed E-state index contributed by atoms with van der Waals surface area (Å²) >= 11 is 0. The normalized spacial score (nSPS) is 10.3. The second kappa shape index (κ2) is 4.09. The Morgan fingerprint density at radius 1 is 1.43 bits per heavy atom. The zero-order valence-electron chi connectivity index (χ0n) is 8.17. The topological polar surface area (TPSA) is 59.1 Å². The molecule has 0 radical (unpaired) electrons. The van der Waals surface area contributed by atoms with E-state index in [0.717, 1.165) is 0 Å². The Kier molecular flexibility index (Phi) is 3.06. The first-order valence-electron chi connectivity index (χ1n) is 4.30. The summed E-state index contributed by atoms with van der Waals surface area (Å²) in [6, 6.07) is 4.02. The molecule has 1 aromatic rings. The number of hydrogen-bond acceptors (Lipinski definition) is 2. The number of amidine groups is 1. The third kappa shape index (κ3) is 2.73. The molecule has 1 rings (SSSR count). The summed E-state index contributed by atoms with van der Waals surface area (Å²) in [6.07, 6.45) is -0.0309. The molecule has 0 unspecified atom stereocenters. The highest BCUT2D eigenvalue weighted by molar-refractivity contribution is 5.95. The van der Waals surface area contributed by atoms with Crippen LogP contribution in [0.15, 0.2) is 18.2 Å². The van der Waals surface area contributed by atoms with E-state index in [1.165, 1.54) is 12.1 Å². The number of benzene rings is 1. The van der Waals surface area contributed by atoms with Crippen molar-refractivity contribution in [2.75, 3.05) is 0 Å². The predicted molar refractivity (Wildman–Crippen MR) is 53.2 cm³/mol. The van der Waals surface area contributed by atoms with Crippen LogP contribution in [0.1, 0.15) is 19.4 Å². The highest BCUT2D eigenvalue weighted by Crippen LogP contribution is 2.17. The molecule has 0 heterocycles. The van der Waals surface area contributed by atoms with E-state index < -0.39 is 5.82 Å². The molecule has 0 saturated heterocycles. The summed E-state index contributed by atoms with van der Waals surface area (Å²) in [4.78, 5) is 0. The van der Waals surface area contributed by atoms with Gasteiger partial charge in [0.2, 0.25) is 0 Å². The van der Waals surface area contributed by atoms with Gasteiger partial charge in [-0.15, -0.1) is 0 Å². The highest BCUT2D eigenvalue weighted by Gasteiger charge is 2.05. The van der Waals surface area contributed by atoms with Crippen molar-refractivity contribution in [3.8, 4) is 5.75 Å². The van der Waals surface area contributed by atoms with Crippen LogP contribution in [0.4, 0.5) is 4.39 Å². The number of nitrogens with one attached hydrogen (secondary N) is 1. The van der Waals surface area contributed by atoms with Crippen LogP contribution in [0.2, 0.25) is 0 Å². The van der Waals surface area contributed by atoms with E-state index in [4.69, 9.17) is 15.9 Å². The quantitative estimate of drug-likeness (QED) is 0.573. The average Bonchev–Trinajstić information content (AvgIpc) is 2.01. The van der Waals surface area contributed by atoms with E-state index >= 15 is 0 Å². The van der Waals surface area contributed by atoms with Gasteiger partial charge in [-0.3, -0.25) is 5.41 Å². The van der Waals surface area contributed by atoms with Gasteiger partial charge in [0.05, 0.1) is 6.10 Å². The Morgan fingerprint density at radius 2 is 2.07 bits per heavy atom. The third-order valence-corrected chi connectivity index (χ3v) is 1.55. The summed E-state index contributed by atoms with van der Waals surface area (Å²) < 4.78 is 18.3. The minimum atomic E-state index is -0.451. The molecular formula is C10H13FN2O. The molecule has 0 bridgehead atoms. The van der Waals surface area contributed by atoms with Gasteiger partial charge in [0.1, 0.15) is 17.4 Å². The summed E-state index contributed by atoms with van der Waals surface area (Å²) in [6.45, 7) is 3.69. The Morgan fingerprint density at radius 3 is 2.57 bits per heavy atom. The fourth-order valence-corrected chi connectivity index (χ4v) is 1.06. The van der Waals surface area contributed by atoms with Crippen molar-refractivity contribution < 1.29 is 9.13 Å². The number of nitrogens with two attached hydrogens (primary N) is 1. The summed E-state index contributed by atoms with van der Waals surface area (Å²) in [5, 5.41) is 7.17. The standard InChI is InChI=1S/C10H13FN2O/c1-6(2)14-9-4-7(10(12)13)3-8(11)5-9/h3-6H,1-2H3,(H3,12,13). The first-order chi connectivity index (χ1) is 6.49. The maximum atomic E-state index is 13.0. The first-order valence-corrected chi connectivity index (χ1v) is 4.30. The zero-order valence-corrected chi connectivity index (χ0v) is 8.17. The molecule has 4 heteroatoms. The van der Waals surface area contributed by atoms with Crippen molar-refractivity contribution in [1.29, 1.82) is 5.41 Å². The smallest absolute Gasteiger partial charge is 0.127 e. The Labute approximate surface area is 82.2 Å². The van der Waals surface area contributed by atoms with Gasteiger partial charge in [-0.05, 0) is 26.0 Å². The SMILES string of the molecule is CC(C)Oc1cc(F)cc(C(=N)N)c1. The van der Waals surface area contributed by atoms with E-state index in [2.05, 4.69) is 0 Å². The van der Waals surface area contributed by atoms with E-state index in [1.54, 1.807) is 6.07 Å². The number of rotatable bonds is 3. The highest BCUT2D eigenvalue weighted by atomic mass is 19.1. The van der Waals surface area contributed by atoms with Crippen LogP contribution in [0.25, 0.3) is 0 Å². The van der Waals surface area contributed by atoms with Gasteiger partial charge in [0.25, 0.3) is 0 Å². The van der Waals surface area contributed by atoms with Crippen molar-refractivity contribution in [3.63, 3.8) is 0 Å². The molecular weight excluding hydrogens is 183 g/mol. The Bertz CT molecular complexity index is 350. The van der Waals surface area contributed by atoms with Gasteiger partial charge in [-0.1, -0.05) is 0 Å². The molecule has 0 aliphatic rings. The second-order valence-corrected chi connectivity index (χ2v) is 3.26. The van der Waals surface area contributed by atoms with E-state index in [-0.39, 0.29) is 11.9 Å². The number of ether oxygens (including phenoxy) is 1. The molecule has 3 N–H and O–H groups in total. The van der Waals surface area contributed by atoms with Gasteiger partial charge in [0.15, 0.2) is 0 Å². The van der Waals surface area contributed by atoms with Gasteiger partial charge in [-0.25, -0.2) is 4.39 Å². The lowest BCUT2D eigenvalue weighted by Gasteiger charge is -2.10. The molecule has 0 spiro atoms. The maximum Gasteiger partial charge on any atom is 0.127 e. The van der Waals surface area contributed by atoms with Crippen LogP contribution in [-0.4, -0.2) is 11.9 Å². The molecule has 0 saturated carbocycles. The largest absolute Gasteiger partial charge is 0.491 e. The van der Waals surface area contributed by atoms with Crippen molar-refractivity contribution in [2.45, 2.75) is 20.0 Å². The molecule has 14 heavy (non-hydrogen) atoms. The van der Waals surface area contributed by atoms with Gasteiger partial charge >= 0.3 is 0 Å². The van der Waals surface area contributed by atoms with E-state index in [9.17, 15) is 4.39 Å². The van der Waals surface area contributed by atoms with Gasteiger partial charge in [-0.2, -0.15) is 0 Å². The molecule has 0 amide bonds. The summed E-state index contributed by atoms with van der Waals surface area (Å²) in [7, 11) is 0. The van der Waals surface area contributed by atoms with Crippen LogP contribution in [0.5, 0.6) is 5.75 Å². The van der Waals surface area contributed by atoms with Crippen LogP contribution in [0.3, 0.4) is 0 Å². The molecule has 76 valence electrons. The number of halogens is 1. The Balaban J connectivity index is 3.01. The van der Waals surface area contributed by atoms with E-state index in [1.807, 2.05) is 13.8 Å². The van der Waals surface area contributed by atoms with Crippen LogP contribution >= 0.6 is 0 Å². The zero-order chi connectivity index (χ0) is 10.7. The van der Waals surface area contributed by atoms with Gasteiger partial charge < -0.3 is 10.5 Å². The van der Waals surface area contributed by atoms with Crippen LogP contribution < -0.4 is 10.5 Å². The molecule has 3 nitrogen and oxygen atoms in total. The lowest BCUT2D eigenvalue weighted by molar-refractivity contribution is 0.241. The van der Waals surface area contributed by atoms with Crippen molar-refractivity contribution in [1.82, 2.24) is 0 Å². The Hall–Kier alpha value is -1.58. The fourth-order valence-electron chi connectivity index (χ4n) is 1.06. The molecule has 0 aliphatic carbocycles. The molecule has 0 fully saturated rings. The summed E-state index contributed by atoms with van der Waals surface area (Å²) in [5.41, 5.74) is 5.58. The van der Waals surface area contributed by atoms with Crippen molar-refractivity contribution in [2.24, 2.45) is 5.73 Å². The molecule has 1 aromatic carbocycles. The average molecular weight is 196 g/mol. The molecule has 0 atom stereocenters. The molecule has 0 aliphatic heterocycles. The first kappa shape index (κ1) is 10.5. The monoisotopic (exact) mass is 196 g/mol. The predicted octanol–water partition coefficient (Wildman–Crippen LogP) is 1.90. The minimum absolute atomic E-state index is 0.0309. The third-order valence-electron chi connectivity index (χ3n) is 1.55. The minimum Gasteiger partial charge on any atom is -0.491 e. The lowest BCUT2D eigenvalue weighted by atomic mass is 10.2. The maximum absolute atomic E-state index is 13.0. The molecule has 0 aromatic heterocycles. The summed E-state index contributed by atoms with van der Waals surface area (Å²) in [5.74, 6) is -0.225. The van der Waals surface area contributed by atoms with Crippen molar-refractivity contribution >= 4 is 5.84 Å². The number of nitrogen functional groups attached to an aromatic ring is 1. The van der Waals surface area contributed by atoms with Crippen LogP contribution in [-0.2, 0) is 0 Å². The lowest BCUT2D eigenvalue weighted by Crippen LogP contribution is -2.12. The number of hydrogen-bond donors (Lipinski definition) is 2. The van der Waals surface area contributed by atoms with Crippen molar-refractivity contribution in [3.05, 3.63) is 29.6 Å². The second-order valence-electron chi connectivity index (χ2n) is 3.26.